The SMILES string of the molecule is O=C1CCC(=O)N(c2ccc(C(=O)OCC(=O)N3N=C(c4ccco4)CC3c3ccco3)cc2)N1. The van der Waals surface area contributed by atoms with E-state index in [2.05, 4.69) is 10.5 Å². The molecule has 2 aromatic heterocycles. The molecule has 11 heteroatoms. The van der Waals surface area contributed by atoms with Crippen LogP contribution in [0.3, 0.4) is 0 Å². The Hall–Kier alpha value is -4.67. The van der Waals surface area contributed by atoms with Crippen molar-refractivity contribution in [2.24, 2.45) is 5.10 Å². The van der Waals surface area contributed by atoms with Crippen molar-refractivity contribution in [2.45, 2.75) is 25.3 Å². The van der Waals surface area contributed by atoms with Crippen LogP contribution in [-0.4, -0.2) is 41.0 Å². The molecule has 1 atom stereocenters. The first-order valence-corrected chi connectivity index (χ1v) is 10.9. The van der Waals surface area contributed by atoms with Crippen LogP contribution in [0.15, 0.2) is 75.0 Å². The van der Waals surface area contributed by atoms with E-state index >= 15 is 0 Å². The fourth-order valence-corrected chi connectivity index (χ4v) is 3.84. The van der Waals surface area contributed by atoms with Crippen molar-refractivity contribution in [2.75, 3.05) is 11.6 Å². The molecule has 0 radical (unpaired) electrons. The molecule has 0 bridgehead atoms. The van der Waals surface area contributed by atoms with Gasteiger partial charge in [0.1, 0.15) is 23.3 Å². The van der Waals surface area contributed by atoms with Gasteiger partial charge < -0.3 is 13.6 Å². The molecule has 0 aliphatic carbocycles. The summed E-state index contributed by atoms with van der Waals surface area (Å²) >= 11 is 0. The standard InChI is InChI=1S/C24H20N4O7/c29-21-9-10-22(30)27(26-21)16-7-5-15(6-8-16)24(32)35-14-23(31)28-18(20-4-2-12-34-20)13-17(25-28)19-3-1-11-33-19/h1-8,11-12,18H,9-10,13-14H2,(H,26,29). The predicted octanol–water partition coefficient (Wildman–Crippen LogP) is 2.57. The Balaban J connectivity index is 1.24. The summed E-state index contributed by atoms with van der Waals surface area (Å²) in [6, 6.07) is 12.4. The summed E-state index contributed by atoms with van der Waals surface area (Å²) in [4.78, 5) is 49.0. The molecule has 1 aromatic carbocycles. The van der Waals surface area contributed by atoms with Crippen molar-refractivity contribution in [1.29, 1.82) is 0 Å². The van der Waals surface area contributed by atoms with E-state index in [1.54, 1.807) is 24.3 Å². The molecule has 35 heavy (non-hydrogen) atoms. The van der Waals surface area contributed by atoms with Gasteiger partial charge in [-0.3, -0.25) is 19.8 Å². The predicted molar refractivity (Wildman–Crippen MR) is 120 cm³/mol. The number of nitrogens with zero attached hydrogens (tertiary/aromatic N) is 3. The third kappa shape index (κ3) is 4.56. The highest BCUT2D eigenvalue weighted by Crippen LogP contribution is 2.33. The Kier molecular flexibility index (Phi) is 5.88. The summed E-state index contributed by atoms with van der Waals surface area (Å²) in [5.41, 5.74) is 3.65. The molecular formula is C24H20N4O7. The van der Waals surface area contributed by atoms with E-state index < -0.39 is 24.5 Å². The van der Waals surface area contributed by atoms with Crippen LogP contribution in [0.2, 0.25) is 0 Å². The van der Waals surface area contributed by atoms with Gasteiger partial charge in [0.25, 0.3) is 5.91 Å². The van der Waals surface area contributed by atoms with Crippen LogP contribution in [0, 0.1) is 0 Å². The van der Waals surface area contributed by atoms with Crippen molar-refractivity contribution < 1.29 is 32.7 Å². The molecule has 1 N–H and O–H groups in total. The summed E-state index contributed by atoms with van der Waals surface area (Å²) in [5, 5.41) is 6.75. The van der Waals surface area contributed by atoms with Crippen molar-refractivity contribution in [3.8, 4) is 0 Å². The minimum atomic E-state index is -0.720. The zero-order valence-electron chi connectivity index (χ0n) is 18.4. The molecule has 11 nitrogen and oxygen atoms in total. The zero-order chi connectivity index (χ0) is 24.4. The molecular weight excluding hydrogens is 456 g/mol. The van der Waals surface area contributed by atoms with Gasteiger partial charge in [0.2, 0.25) is 11.8 Å². The minimum absolute atomic E-state index is 0.108. The lowest BCUT2D eigenvalue weighted by atomic mass is 10.1. The summed E-state index contributed by atoms with van der Waals surface area (Å²) < 4.78 is 16.1. The van der Waals surface area contributed by atoms with Gasteiger partial charge in [-0.1, -0.05) is 0 Å². The van der Waals surface area contributed by atoms with Crippen LogP contribution in [0.5, 0.6) is 0 Å². The second kappa shape index (κ2) is 9.29. The zero-order valence-corrected chi connectivity index (χ0v) is 18.4. The lowest BCUT2D eigenvalue weighted by Crippen LogP contribution is -2.50. The number of rotatable bonds is 6. The Bertz CT molecular complexity index is 1280. The first-order valence-electron chi connectivity index (χ1n) is 10.9. The molecule has 0 saturated carbocycles. The van der Waals surface area contributed by atoms with E-state index in [1.807, 2.05) is 0 Å². The van der Waals surface area contributed by atoms with Gasteiger partial charge in [0.15, 0.2) is 6.61 Å². The van der Waals surface area contributed by atoms with E-state index in [0.29, 0.717) is 29.3 Å². The number of ether oxygens (including phenoxy) is 1. The Morgan fingerprint density at radius 1 is 1.03 bits per heavy atom. The van der Waals surface area contributed by atoms with Gasteiger partial charge in [-0.2, -0.15) is 5.10 Å². The first-order chi connectivity index (χ1) is 17.0. The fourth-order valence-electron chi connectivity index (χ4n) is 3.84. The molecule has 1 fully saturated rings. The van der Waals surface area contributed by atoms with Gasteiger partial charge in [-0.25, -0.2) is 14.8 Å². The smallest absolute Gasteiger partial charge is 0.338 e. The second-order valence-corrected chi connectivity index (χ2v) is 7.88. The van der Waals surface area contributed by atoms with Crippen LogP contribution in [0.25, 0.3) is 0 Å². The van der Waals surface area contributed by atoms with E-state index in [-0.39, 0.29) is 30.2 Å². The van der Waals surface area contributed by atoms with Crippen LogP contribution >= 0.6 is 0 Å². The number of amides is 3. The number of esters is 1. The lowest BCUT2D eigenvalue weighted by molar-refractivity contribution is -0.136. The number of carbonyl (C=O) groups is 4. The molecule has 2 aliphatic heterocycles. The number of nitrogens with one attached hydrogen (secondary N) is 1. The van der Waals surface area contributed by atoms with Crippen molar-refractivity contribution in [3.63, 3.8) is 0 Å². The number of hydrazine groups is 1. The van der Waals surface area contributed by atoms with Crippen LogP contribution in [0.4, 0.5) is 5.69 Å². The van der Waals surface area contributed by atoms with Gasteiger partial charge >= 0.3 is 5.97 Å². The maximum atomic E-state index is 12.9. The molecule has 178 valence electrons. The van der Waals surface area contributed by atoms with E-state index in [9.17, 15) is 19.2 Å². The fraction of sp³-hybridized carbons (Fsp3) is 0.208. The van der Waals surface area contributed by atoms with Crippen molar-refractivity contribution in [1.82, 2.24) is 10.4 Å². The quantitative estimate of drug-likeness (QED) is 0.540. The third-order valence-corrected chi connectivity index (χ3v) is 5.58. The maximum absolute atomic E-state index is 12.9. The van der Waals surface area contributed by atoms with Crippen LogP contribution < -0.4 is 10.4 Å². The molecule has 0 spiro atoms. The molecule has 1 unspecified atom stereocenters. The number of anilines is 1. The third-order valence-electron chi connectivity index (χ3n) is 5.58. The average Bonchev–Trinajstić information content (AvgIpc) is 3.65. The summed E-state index contributed by atoms with van der Waals surface area (Å²) in [7, 11) is 0. The first kappa shape index (κ1) is 22.1. The van der Waals surface area contributed by atoms with E-state index in [4.69, 9.17) is 13.6 Å². The lowest BCUT2D eigenvalue weighted by Gasteiger charge is -2.27. The number of benzene rings is 1. The summed E-state index contributed by atoms with van der Waals surface area (Å²) in [6.45, 7) is -0.534. The highest BCUT2D eigenvalue weighted by atomic mass is 16.5. The van der Waals surface area contributed by atoms with Gasteiger partial charge in [-0.05, 0) is 48.5 Å². The van der Waals surface area contributed by atoms with Crippen LogP contribution in [-0.2, 0) is 19.1 Å². The maximum Gasteiger partial charge on any atom is 0.338 e. The van der Waals surface area contributed by atoms with Crippen molar-refractivity contribution in [3.05, 3.63) is 78.1 Å². The molecule has 5 rings (SSSR count). The second-order valence-electron chi connectivity index (χ2n) is 7.88. The molecule has 2 aliphatic rings. The van der Waals surface area contributed by atoms with E-state index in [1.165, 1.54) is 41.8 Å². The average molecular weight is 476 g/mol. The van der Waals surface area contributed by atoms with Crippen molar-refractivity contribution >= 4 is 35.1 Å². The van der Waals surface area contributed by atoms with Gasteiger partial charge in [0.05, 0.1) is 23.8 Å². The number of furan rings is 2. The van der Waals surface area contributed by atoms with E-state index in [0.717, 1.165) is 5.01 Å². The monoisotopic (exact) mass is 476 g/mol. The highest BCUT2D eigenvalue weighted by Gasteiger charge is 2.36. The number of hydrogen-bond acceptors (Lipinski definition) is 8. The highest BCUT2D eigenvalue weighted by molar-refractivity contribution is 6.02. The Labute approximate surface area is 198 Å². The number of hydrogen-bond donors (Lipinski definition) is 1. The Morgan fingerprint density at radius 2 is 1.80 bits per heavy atom. The molecule has 4 heterocycles. The number of hydrazone groups is 1. The summed E-state index contributed by atoms with van der Waals surface area (Å²) in [6.07, 6.45) is 3.66. The number of carbonyl (C=O) groups excluding carboxylic acids is 4. The van der Waals surface area contributed by atoms with Gasteiger partial charge in [0, 0.05) is 19.3 Å². The molecule has 3 amide bonds. The largest absolute Gasteiger partial charge is 0.467 e. The topological polar surface area (TPSA) is 135 Å². The molecule has 3 aromatic rings. The summed E-state index contributed by atoms with van der Waals surface area (Å²) in [5.74, 6) is -0.680. The Morgan fingerprint density at radius 3 is 2.51 bits per heavy atom. The minimum Gasteiger partial charge on any atom is -0.467 e. The normalized spacial score (nSPS) is 17.8. The molecule has 1 saturated heterocycles. The van der Waals surface area contributed by atoms with Crippen LogP contribution in [0.1, 0.15) is 47.2 Å². The van der Waals surface area contributed by atoms with Gasteiger partial charge in [-0.15, -0.1) is 0 Å².